The Balaban J connectivity index is 1.56. The molecule has 2 N–H and O–H groups in total. The predicted molar refractivity (Wildman–Crippen MR) is 93.1 cm³/mol. The molecule has 0 bridgehead atoms. The summed E-state index contributed by atoms with van der Waals surface area (Å²) in [7, 11) is 0. The van der Waals surface area contributed by atoms with Crippen molar-refractivity contribution in [2.75, 3.05) is 10.6 Å². The van der Waals surface area contributed by atoms with Crippen LogP contribution in [0.3, 0.4) is 0 Å². The zero-order valence-corrected chi connectivity index (χ0v) is 13.4. The molecule has 7 nitrogen and oxygen atoms in total. The Bertz CT molecular complexity index is 983. The van der Waals surface area contributed by atoms with E-state index in [0.29, 0.717) is 35.9 Å². The first-order chi connectivity index (χ1) is 12.3. The van der Waals surface area contributed by atoms with E-state index in [1.54, 1.807) is 12.3 Å². The number of pyridine rings is 2. The maximum Gasteiger partial charge on any atom is 0.212 e. The van der Waals surface area contributed by atoms with Gasteiger partial charge in [0.2, 0.25) is 6.41 Å². The second-order valence-electron chi connectivity index (χ2n) is 6.08. The molecular weight excluding hydrogens is 316 g/mol. The quantitative estimate of drug-likeness (QED) is 0.677. The van der Waals surface area contributed by atoms with Crippen LogP contribution in [0.15, 0.2) is 36.8 Å². The van der Waals surface area contributed by atoms with Crippen molar-refractivity contribution in [3.63, 3.8) is 0 Å². The molecule has 1 amide bonds. The Morgan fingerprint density at radius 3 is 3.00 bits per heavy atom. The Hall–Kier alpha value is -3.40. The minimum Gasteiger partial charge on any atom is -0.379 e. The maximum absolute atomic E-state index is 10.5. The zero-order valence-electron chi connectivity index (χ0n) is 13.4. The van der Waals surface area contributed by atoms with Crippen LogP contribution in [0.4, 0.5) is 11.5 Å². The highest BCUT2D eigenvalue weighted by atomic mass is 16.1. The molecule has 3 heterocycles. The van der Waals surface area contributed by atoms with Gasteiger partial charge in [0.1, 0.15) is 11.9 Å². The standard InChI is InChI=1S/C18H16N6O/c19-7-13-5-14(12-1-2-12)9-24-10-16(23-18(13)24)8-21-15-3-4-20-17(6-15)22-11-25/h3-6,9-12H,1-2,8H2,(H2,20,21,22,25). The van der Waals surface area contributed by atoms with Gasteiger partial charge in [-0.05, 0) is 36.5 Å². The van der Waals surface area contributed by atoms with Crippen LogP contribution in [-0.2, 0) is 11.3 Å². The number of rotatable bonds is 6. The number of hydrogen-bond donors (Lipinski definition) is 2. The number of carbonyl (C=O) groups excluding carboxylic acids is 1. The average molecular weight is 332 g/mol. The molecule has 7 heteroatoms. The van der Waals surface area contributed by atoms with E-state index in [4.69, 9.17) is 0 Å². The van der Waals surface area contributed by atoms with Gasteiger partial charge in [-0.25, -0.2) is 9.97 Å². The summed E-state index contributed by atoms with van der Waals surface area (Å²) >= 11 is 0. The molecule has 3 aromatic heterocycles. The van der Waals surface area contributed by atoms with Gasteiger partial charge in [0.05, 0.1) is 17.8 Å². The van der Waals surface area contributed by atoms with E-state index in [1.807, 2.05) is 22.7 Å². The second kappa shape index (κ2) is 6.24. The molecule has 0 unspecified atom stereocenters. The van der Waals surface area contributed by atoms with E-state index < -0.39 is 0 Å². The van der Waals surface area contributed by atoms with Crippen molar-refractivity contribution in [3.8, 4) is 6.07 Å². The van der Waals surface area contributed by atoms with Crippen LogP contribution < -0.4 is 10.6 Å². The summed E-state index contributed by atoms with van der Waals surface area (Å²) in [5.74, 6) is 1.07. The maximum atomic E-state index is 10.5. The lowest BCUT2D eigenvalue weighted by Gasteiger charge is -2.05. The summed E-state index contributed by atoms with van der Waals surface area (Å²) in [4.78, 5) is 19.1. The molecule has 0 radical (unpaired) electrons. The van der Waals surface area contributed by atoms with Crippen molar-refractivity contribution in [2.45, 2.75) is 25.3 Å². The van der Waals surface area contributed by atoms with Crippen LogP contribution in [0.5, 0.6) is 0 Å². The van der Waals surface area contributed by atoms with Crippen molar-refractivity contribution in [1.82, 2.24) is 14.4 Å². The summed E-state index contributed by atoms with van der Waals surface area (Å²) < 4.78 is 1.94. The second-order valence-corrected chi connectivity index (χ2v) is 6.08. The van der Waals surface area contributed by atoms with Crippen LogP contribution >= 0.6 is 0 Å². The van der Waals surface area contributed by atoms with Gasteiger partial charge in [-0.3, -0.25) is 4.79 Å². The molecule has 1 aliphatic carbocycles. The van der Waals surface area contributed by atoms with Crippen LogP contribution in [0, 0.1) is 11.3 Å². The predicted octanol–water partition coefficient (Wildman–Crippen LogP) is 2.66. The Labute approximate surface area is 144 Å². The summed E-state index contributed by atoms with van der Waals surface area (Å²) in [5.41, 5.74) is 4.17. The molecule has 0 atom stereocenters. The molecule has 4 rings (SSSR count). The molecule has 0 saturated heterocycles. The Morgan fingerprint density at radius 1 is 1.36 bits per heavy atom. The van der Waals surface area contributed by atoms with E-state index in [-0.39, 0.29) is 0 Å². The van der Waals surface area contributed by atoms with E-state index in [1.165, 1.54) is 18.4 Å². The highest BCUT2D eigenvalue weighted by Crippen LogP contribution is 2.40. The number of amides is 1. The minimum absolute atomic E-state index is 0.482. The fourth-order valence-electron chi connectivity index (χ4n) is 2.85. The van der Waals surface area contributed by atoms with Crippen molar-refractivity contribution in [2.24, 2.45) is 0 Å². The zero-order chi connectivity index (χ0) is 17.2. The number of nitriles is 1. The third-order valence-electron chi connectivity index (χ3n) is 4.23. The molecular formula is C18H16N6O. The van der Waals surface area contributed by atoms with Gasteiger partial charge >= 0.3 is 0 Å². The number of fused-ring (bicyclic) bond motifs is 1. The lowest BCUT2D eigenvalue weighted by atomic mass is 10.1. The lowest BCUT2D eigenvalue weighted by molar-refractivity contribution is -0.105. The molecule has 1 aliphatic rings. The van der Waals surface area contributed by atoms with Crippen LogP contribution in [0.25, 0.3) is 5.65 Å². The fraction of sp³-hybridized carbons (Fsp3) is 0.222. The van der Waals surface area contributed by atoms with Gasteiger partial charge in [-0.15, -0.1) is 0 Å². The van der Waals surface area contributed by atoms with Gasteiger partial charge in [0.25, 0.3) is 0 Å². The summed E-state index contributed by atoms with van der Waals surface area (Å²) in [6.45, 7) is 0.510. The van der Waals surface area contributed by atoms with E-state index in [2.05, 4.69) is 32.9 Å². The largest absolute Gasteiger partial charge is 0.379 e. The number of hydrogen-bond acceptors (Lipinski definition) is 5. The molecule has 0 aliphatic heterocycles. The van der Waals surface area contributed by atoms with Crippen molar-refractivity contribution < 1.29 is 4.79 Å². The van der Waals surface area contributed by atoms with Crippen LogP contribution in [0.1, 0.15) is 35.6 Å². The van der Waals surface area contributed by atoms with Crippen molar-refractivity contribution >= 4 is 23.6 Å². The third kappa shape index (κ3) is 3.15. The molecule has 3 aromatic rings. The number of nitrogens with one attached hydrogen (secondary N) is 2. The fourth-order valence-corrected chi connectivity index (χ4v) is 2.85. The average Bonchev–Trinajstić information content (AvgIpc) is 3.39. The lowest BCUT2D eigenvalue weighted by Crippen LogP contribution is -2.02. The Morgan fingerprint density at radius 2 is 2.24 bits per heavy atom. The molecule has 1 saturated carbocycles. The normalized spacial score (nSPS) is 13.4. The van der Waals surface area contributed by atoms with Gasteiger partial charge in [-0.2, -0.15) is 5.26 Å². The molecule has 124 valence electrons. The van der Waals surface area contributed by atoms with Crippen molar-refractivity contribution in [1.29, 1.82) is 5.26 Å². The van der Waals surface area contributed by atoms with Gasteiger partial charge < -0.3 is 15.0 Å². The first kappa shape index (κ1) is 15.1. The first-order valence-corrected chi connectivity index (χ1v) is 8.08. The topological polar surface area (TPSA) is 95.1 Å². The molecule has 25 heavy (non-hydrogen) atoms. The van der Waals surface area contributed by atoms with Crippen LogP contribution in [-0.4, -0.2) is 20.8 Å². The number of aromatic nitrogens is 3. The summed E-state index contributed by atoms with van der Waals surface area (Å²) in [6.07, 6.45) is 8.61. The van der Waals surface area contributed by atoms with E-state index in [0.717, 1.165) is 11.4 Å². The highest BCUT2D eigenvalue weighted by Gasteiger charge is 2.25. The highest BCUT2D eigenvalue weighted by molar-refractivity contribution is 5.70. The number of carbonyl (C=O) groups is 1. The number of imidazole rings is 1. The van der Waals surface area contributed by atoms with E-state index in [9.17, 15) is 10.1 Å². The monoisotopic (exact) mass is 332 g/mol. The van der Waals surface area contributed by atoms with Crippen LogP contribution in [0.2, 0.25) is 0 Å². The number of nitrogens with zero attached hydrogens (tertiary/aromatic N) is 4. The SMILES string of the molecule is N#Cc1cc(C2CC2)cn2cc(CNc3ccnc(NC=O)c3)nc12. The number of anilines is 2. The Kier molecular flexibility index (Phi) is 3.78. The molecule has 1 fully saturated rings. The first-order valence-electron chi connectivity index (χ1n) is 8.08. The van der Waals surface area contributed by atoms with Gasteiger partial charge in [0.15, 0.2) is 5.65 Å². The summed E-state index contributed by atoms with van der Waals surface area (Å²) in [6, 6.07) is 7.77. The summed E-state index contributed by atoms with van der Waals surface area (Å²) in [5, 5.41) is 15.2. The van der Waals surface area contributed by atoms with Gasteiger partial charge in [0, 0.05) is 30.3 Å². The third-order valence-corrected chi connectivity index (χ3v) is 4.23. The van der Waals surface area contributed by atoms with Gasteiger partial charge in [-0.1, -0.05) is 0 Å². The van der Waals surface area contributed by atoms with Crippen molar-refractivity contribution in [3.05, 3.63) is 53.6 Å². The smallest absolute Gasteiger partial charge is 0.212 e. The van der Waals surface area contributed by atoms with E-state index >= 15 is 0 Å². The minimum atomic E-state index is 0.482. The molecule has 0 aromatic carbocycles. The molecule has 0 spiro atoms.